The Bertz CT molecular complexity index is 1080. The number of benzene rings is 2. The van der Waals surface area contributed by atoms with Crippen molar-refractivity contribution in [3.05, 3.63) is 82.3 Å². The highest BCUT2D eigenvalue weighted by Gasteiger charge is 2.32. The van der Waals surface area contributed by atoms with E-state index in [1.807, 2.05) is 48.5 Å². The van der Waals surface area contributed by atoms with Crippen LogP contribution in [0.15, 0.2) is 66.1 Å². The van der Waals surface area contributed by atoms with Gasteiger partial charge in [-0.25, -0.2) is 4.68 Å². The fraction of sp³-hybridized carbons (Fsp3) is 0.150. The maximum Gasteiger partial charge on any atom is 0.248 e. The van der Waals surface area contributed by atoms with Crippen molar-refractivity contribution in [1.29, 1.82) is 0 Å². The summed E-state index contributed by atoms with van der Waals surface area (Å²) < 4.78 is 7.56. The highest BCUT2D eigenvalue weighted by atomic mass is 35.5. The van der Waals surface area contributed by atoms with Gasteiger partial charge in [-0.15, -0.1) is 0 Å². The fourth-order valence-corrected chi connectivity index (χ4v) is 3.46. The van der Waals surface area contributed by atoms with Crippen molar-refractivity contribution in [3.8, 4) is 5.75 Å². The summed E-state index contributed by atoms with van der Waals surface area (Å²) in [4.78, 5) is 16.3. The van der Waals surface area contributed by atoms with E-state index in [0.717, 1.165) is 11.1 Å². The van der Waals surface area contributed by atoms with E-state index in [4.69, 9.17) is 22.1 Å². The van der Waals surface area contributed by atoms with Crippen molar-refractivity contribution >= 4 is 23.5 Å². The third-order valence-electron chi connectivity index (χ3n) is 4.59. The van der Waals surface area contributed by atoms with E-state index >= 15 is 0 Å². The first kappa shape index (κ1) is 18.1. The van der Waals surface area contributed by atoms with Gasteiger partial charge in [0.2, 0.25) is 11.9 Å². The molecule has 4 rings (SSSR count). The Morgan fingerprint density at radius 2 is 2.11 bits per heavy atom. The van der Waals surface area contributed by atoms with E-state index in [1.54, 1.807) is 11.6 Å². The Labute approximate surface area is 166 Å². The number of halogens is 1. The van der Waals surface area contributed by atoms with Crippen LogP contribution in [0, 0.1) is 0 Å². The Kier molecular flexibility index (Phi) is 4.75. The largest absolute Gasteiger partial charge is 0.489 e. The minimum atomic E-state index is -0.515. The number of anilines is 1. The zero-order valence-electron chi connectivity index (χ0n) is 15.1. The molecule has 0 aliphatic carbocycles. The Morgan fingerprint density at radius 1 is 1.29 bits per heavy atom. The topological polar surface area (TPSA) is 95.1 Å². The number of carbonyl (C=O) groups excluding carboxylic acids is 1. The van der Waals surface area contributed by atoms with Crippen LogP contribution in [0.4, 0.5) is 5.95 Å². The zero-order valence-corrected chi connectivity index (χ0v) is 15.8. The van der Waals surface area contributed by atoms with Crippen molar-refractivity contribution < 1.29 is 9.53 Å². The standard InChI is InChI=1S/C20H18ClN5O2/c1-12-17(19(22)27)18(26-20(25-12)23-11-24-26)13-6-4-7-15(9-13)28-10-14-5-2-3-8-16(14)21/h2-9,11,18H,10H2,1H3,(H2,22,27)(H,23,24,25). The number of hydrogen-bond acceptors (Lipinski definition) is 5. The third kappa shape index (κ3) is 3.32. The molecule has 0 radical (unpaired) electrons. The first-order valence-corrected chi connectivity index (χ1v) is 9.05. The average molecular weight is 396 g/mol. The van der Waals surface area contributed by atoms with Gasteiger partial charge < -0.3 is 15.8 Å². The van der Waals surface area contributed by atoms with E-state index in [1.165, 1.54) is 6.33 Å². The highest BCUT2D eigenvalue weighted by Crippen LogP contribution is 2.35. The number of carbonyl (C=O) groups is 1. The van der Waals surface area contributed by atoms with Gasteiger partial charge in [0.05, 0.1) is 5.57 Å². The number of nitrogens with zero attached hydrogens (tertiary/aromatic N) is 3. The number of hydrogen-bond donors (Lipinski definition) is 2. The molecule has 142 valence electrons. The smallest absolute Gasteiger partial charge is 0.248 e. The average Bonchev–Trinajstić information content (AvgIpc) is 3.14. The predicted molar refractivity (Wildman–Crippen MR) is 106 cm³/mol. The Morgan fingerprint density at radius 3 is 2.89 bits per heavy atom. The summed E-state index contributed by atoms with van der Waals surface area (Å²) in [5.74, 6) is 0.688. The molecule has 0 bridgehead atoms. The molecule has 1 aromatic heterocycles. The van der Waals surface area contributed by atoms with Crippen molar-refractivity contribution in [1.82, 2.24) is 14.8 Å². The van der Waals surface area contributed by atoms with E-state index in [0.29, 0.717) is 34.6 Å². The van der Waals surface area contributed by atoms with Gasteiger partial charge in [-0.2, -0.15) is 10.1 Å². The summed E-state index contributed by atoms with van der Waals surface area (Å²) in [7, 11) is 0. The molecule has 7 nitrogen and oxygen atoms in total. The molecule has 0 saturated heterocycles. The number of aromatic nitrogens is 3. The number of nitrogens with two attached hydrogens (primary N) is 1. The van der Waals surface area contributed by atoms with Gasteiger partial charge in [0.25, 0.3) is 0 Å². The summed E-state index contributed by atoms with van der Waals surface area (Å²) in [5.41, 5.74) is 8.45. The zero-order chi connectivity index (χ0) is 19.7. The minimum Gasteiger partial charge on any atom is -0.489 e. The second kappa shape index (κ2) is 7.36. The molecule has 3 N–H and O–H groups in total. The first-order chi connectivity index (χ1) is 13.5. The number of primary amides is 1. The normalized spacial score (nSPS) is 15.7. The minimum absolute atomic E-state index is 0.335. The molecule has 28 heavy (non-hydrogen) atoms. The van der Waals surface area contributed by atoms with Crippen molar-refractivity contribution in [2.24, 2.45) is 5.73 Å². The van der Waals surface area contributed by atoms with Crippen LogP contribution in [-0.2, 0) is 11.4 Å². The quantitative estimate of drug-likeness (QED) is 0.691. The van der Waals surface area contributed by atoms with Crippen molar-refractivity contribution in [3.63, 3.8) is 0 Å². The lowest BCUT2D eigenvalue weighted by molar-refractivity contribution is -0.115. The van der Waals surface area contributed by atoms with Gasteiger partial charge >= 0.3 is 0 Å². The van der Waals surface area contributed by atoms with Crippen LogP contribution in [0.1, 0.15) is 24.1 Å². The van der Waals surface area contributed by atoms with Crippen LogP contribution in [0.2, 0.25) is 5.02 Å². The number of amides is 1. The Hall–Kier alpha value is -3.32. The number of nitrogens with one attached hydrogen (secondary N) is 1. The summed E-state index contributed by atoms with van der Waals surface area (Å²) in [6, 6.07) is 14.5. The van der Waals surface area contributed by atoms with Crippen LogP contribution < -0.4 is 15.8 Å². The molecular formula is C20H18ClN5O2. The second-order valence-electron chi connectivity index (χ2n) is 6.41. The third-order valence-corrected chi connectivity index (χ3v) is 4.95. The molecule has 2 aromatic carbocycles. The predicted octanol–water partition coefficient (Wildman–Crippen LogP) is 3.28. The molecule has 8 heteroatoms. The van der Waals surface area contributed by atoms with Crippen molar-refractivity contribution in [2.75, 3.05) is 5.32 Å². The van der Waals surface area contributed by atoms with E-state index in [9.17, 15) is 4.79 Å². The van der Waals surface area contributed by atoms with Crippen LogP contribution in [0.5, 0.6) is 5.75 Å². The molecule has 0 fully saturated rings. The SMILES string of the molecule is CC1=C(C(N)=O)C(c2cccc(OCc3ccccc3Cl)c2)n2ncnc2N1. The lowest BCUT2D eigenvalue weighted by atomic mass is 9.95. The molecule has 1 aliphatic rings. The lowest BCUT2D eigenvalue weighted by Crippen LogP contribution is -2.31. The van der Waals surface area contributed by atoms with Gasteiger partial charge in [0, 0.05) is 16.3 Å². The molecule has 2 heterocycles. The van der Waals surface area contributed by atoms with Gasteiger partial charge in [-0.05, 0) is 30.7 Å². The van der Waals surface area contributed by atoms with E-state index in [-0.39, 0.29) is 0 Å². The Balaban J connectivity index is 1.67. The second-order valence-corrected chi connectivity index (χ2v) is 6.82. The van der Waals surface area contributed by atoms with Gasteiger partial charge in [-0.1, -0.05) is 41.9 Å². The van der Waals surface area contributed by atoms with Crippen molar-refractivity contribution in [2.45, 2.75) is 19.6 Å². The van der Waals surface area contributed by atoms with Crippen LogP contribution in [0.3, 0.4) is 0 Å². The molecule has 0 spiro atoms. The molecular weight excluding hydrogens is 378 g/mol. The monoisotopic (exact) mass is 395 g/mol. The molecule has 1 atom stereocenters. The number of fused-ring (bicyclic) bond motifs is 1. The van der Waals surface area contributed by atoms with Gasteiger partial charge in [0.1, 0.15) is 24.7 Å². The molecule has 1 amide bonds. The summed E-state index contributed by atoms with van der Waals surface area (Å²) >= 11 is 6.19. The maximum atomic E-state index is 12.1. The summed E-state index contributed by atoms with van der Waals surface area (Å²) in [6.07, 6.45) is 1.43. The van der Waals surface area contributed by atoms with Crippen LogP contribution >= 0.6 is 11.6 Å². The van der Waals surface area contributed by atoms with Crippen LogP contribution in [0.25, 0.3) is 0 Å². The van der Waals surface area contributed by atoms with Crippen LogP contribution in [-0.4, -0.2) is 20.7 Å². The van der Waals surface area contributed by atoms with Gasteiger partial charge in [-0.3, -0.25) is 4.79 Å². The lowest BCUT2D eigenvalue weighted by Gasteiger charge is -2.27. The maximum absolute atomic E-state index is 12.1. The van der Waals surface area contributed by atoms with Gasteiger partial charge in [0.15, 0.2) is 0 Å². The van der Waals surface area contributed by atoms with E-state index < -0.39 is 11.9 Å². The molecule has 1 unspecified atom stereocenters. The summed E-state index contributed by atoms with van der Waals surface area (Å²) in [5, 5.41) is 7.97. The number of ether oxygens (including phenoxy) is 1. The number of allylic oxidation sites excluding steroid dienone is 1. The molecule has 1 aliphatic heterocycles. The molecule has 0 saturated carbocycles. The number of rotatable bonds is 5. The van der Waals surface area contributed by atoms with E-state index in [2.05, 4.69) is 15.4 Å². The highest BCUT2D eigenvalue weighted by molar-refractivity contribution is 6.31. The molecule has 3 aromatic rings. The summed E-state index contributed by atoms with van der Waals surface area (Å²) in [6.45, 7) is 2.13. The first-order valence-electron chi connectivity index (χ1n) is 8.68. The fourth-order valence-electron chi connectivity index (χ4n) is 3.27.